The van der Waals surface area contributed by atoms with Crippen molar-refractivity contribution in [2.75, 3.05) is 103 Å². The quantitative estimate of drug-likeness (QED) is 0.315. The van der Waals surface area contributed by atoms with E-state index < -0.39 is 11.3 Å². The number of methoxy groups -OCH3 is 2. The van der Waals surface area contributed by atoms with Gasteiger partial charge in [0.2, 0.25) is 0 Å². The van der Waals surface area contributed by atoms with E-state index in [0.717, 1.165) is 22.1 Å². The molecule has 12 nitrogen and oxygen atoms in total. The maximum atomic E-state index is 11.8. The van der Waals surface area contributed by atoms with Crippen LogP contribution in [0.1, 0.15) is 0 Å². The first kappa shape index (κ1) is 31.3. The lowest BCUT2D eigenvalue weighted by atomic mass is 10.2. The molecule has 0 bridgehead atoms. The summed E-state index contributed by atoms with van der Waals surface area (Å²) >= 11 is 0. The average molecular weight is 611 g/mol. The smallest absolute Gasteiger partial charge is 0.336 e. The van der Waals surface area contributed by atoms with E-state index in [1.54, 1.807) is 26.4 Å². The molecule has 3 heterocycles. The predicted octanol–water partition coefficient (Wildman–Crippen LogP) is 3.31. The van der Waals surface area contributed by atoms with Gasteiger partial charge in [0.05, 0.1) is 78.4 Å². The zero-order valence-corrected chi connectivity index (χ0v) is 25.1. The molecular weight excluding hydrogens is 572 g/mol. The summed E-state index contributed by atoms with van der Waals surface area (Å²) < 4.78 is 45.8. The molecule has 4 aromatic rings. The van der Waals surface area contributed by atoms with Crippen molar-refractivity contribution in [1.29, 1.82) is 0 Å². The van der Waals surface area contributed by atoms with Gasteiger partial charge in [-0.15, -0.1) is 0 Å². The molecule has 1 saturated heterocycles. The minimum absolute atomic E-state index is 0.409. The molecule has 44 heavy (non-hydrogen) atoms. The van der Waals surface area contributed by atoms with E-state index in [0.29, 0.717) is 102 Å². The van der Waals surface area contributed by atoms with Crippen LogP contribution >= 0.6 is 0 Å². The number of nitrogens with zero attached hydrogens (tertiary/aromatic N) is 2. The van der Waals surface area contributed by atoms with Crippen molar-refractivity contribution in [2.45, 2.75) is 0 Å². The van der Waals surface area contributed by atoms with Crippen molar-refractivity contribution in [1.82, 2.24) is 0 Å². The van der Waals surface area contributed by atoms with E-state index in [-0.39, 0.29) is 0 Å². The molecule has 0 unspecified atom stereocenters. The van der Waals surface area contributed by atoms with Crippen LogP contribution < -0.4 is 30.5 Å². The first-order chi connectivity index (χ1) is 21.6. The van der Waals surface area contributed by atoms with Crippen LogP contribution in [-0.2, 0) is 18.9 Å². The fourth-order valence-corrected chi connectivity index (χ4v) is 5.04. The third-order valence-corrected chi connectivity index (χ3v) is 7.29. The monoisotopic (exact) mass is 610 g/mol. The van der Waals surface area contributed by atoms with Crippen molar-refractivity contribution in [3.05, 3.63) is 69.4 Å². The summed E-state index contributed by atoms with van der Waals surface area (Å²) in [5, 5.41) is 1.55. The van der Waals surface area contributed by atoms with Crippen molar-refractivity contribution in [3.63, 3.8) is 0 Å². The highest BCUT2D eigenvalue weighted by Gasteiger charge is 2.17. The van der Waals surface area contributed by atoms with Gasteiger partial charge in [0.15, 0.2) is 0 Å². The van der Waals surface area contributed by atoms with E-state index in [1.807, 2.05) is 24.3 Å². The van der Waals surface area contributed by atoms with Crippen LogP contribution in [0.15, 0.2) is 67.0 Å². The van der Waals surface area contributed by atoms with Crippen molar-refractivity contribution < 1.29 is 37.3 Å². The van der Waals surface area contributed by atoms with Gasteiger partial charge in [-0.05, 0) is 24.3 Å². The minimum Gasteiger partial charge on any atom is -0.495 e. The van der Waals surface area contributed by atoms with E-state index >= 15 is 0 Å². The van der Waals surface area contributed by atoms with E-state index in [1.165, 1.54) is 12.1 Å². The molecule has 0 aliphatic carbocycles. The summed E-state index contributed by atoms with van der Waals surface area (Å²) in [6.45, 7) is 5.68. The zero-order valence-electron chi connectivity index (χ0n) is 25.1. The highest BCUT2D eigenvalue weighted by Crippen LogP contribution is 2.34. The van der Waals surface area contributed by atoms with Gasteiger partial charge < -0.3 is 47.1 Å². The summed E-state index contributed by atoms with van der Waals surface area (Å²) in [7, 11) is 3.23. The van der Waals surface area contributed by atoms with Crippen LogP contribution in [0.2, 0.25) is 0 Å². The second-order valence-corrected chi connectivity index (χ2v) is 10.1. The average Bonchev–Trinajstić information content (AvgIpc) is 3.03. The Balaban J connectivity index is 1.24. The molecule has 12 heteroatoms. The van der Waals surface area contributed by atoms with E-state index in [9.17, 15) is 9.59 Å². The lowest BCUT2D eigenvalue weighted by Crippen LogP contribution is -2.33. The molecule has 0 atom stereocenters. The van der Waals surface area contributed by atoms with Gasteiger partial charge in [-0.3, -0.25) is 0 Å². The van der Waals surface area contributed by atoms with E-state index in [2.05, 4.69) is 9.80 Å². The number of benzene rings is 2. The van der Waals surface area contributed by atoms with Crippen LogP contribution in [0.4, 0.5) is 11.4 Å². The predicted molar refractivity (Wildman–Crippen MR) is 166 cm³/mol. The van der Waals surface area contributed by atoms with Gasteiger partial charge in [0.1, 0.15) is 22.7 Å². The van der Waals surface area contributed by atoms with Gasteiger partial charge in [-0.2, -0.15) is 0 Å². The van der Waals surface area contributed by atoms with Gasteiger partial charge in [-0.1, -0.05) is 0 Å². The van der Waals surface area contributed by atoms with Crippen molar-refractivity contribution in [2.24, 2.45) is 0 Å². The second-order valence-electron chi connectivity index (χ2n) is 10.1. The number of hydrogen-bond acceptors (Lipinski definition) is 12. The Morgan fingerprint density at radius 3 is 1.23 bits per heavy atom. The molecule has 1 fully saturated rings. The van der Waals surface area contributed by atoms with Crippen LogP contribution in [0, 0.1) is 0 Å². The molecular formula is C32H38N2O10. The second kappa shape index (κ2) is 15.6. The highest BCUT2D eigenvalue weighted by atomic mass is 16.5. The van der Waals surface area contributed by atoms with Crippen LogP contribution in [0.25, 0.3) is 21.9 Å². The summed E-state index contributed by atoms with van der Waals surface area (Å²) in [6, 6.07) is 13.6. The van der Waals surface area contributed by atoms with Gasteiger partial charge in [0.25, 0.3) is 0 Å². The standard InChI is InChI=1S/C32H38N2O10/c1-37-29-19-23-3-5-31(35)43-27(23)21-25(29)33-7-11-39-15-17-41-13-9-34(10-14-42-18-16-40-12-8-33)26-22-28-24(20-30(26)38-2)4-6-32(36)44-28/h3-6,19-22H,7-18H2,1-2H3. The minimum atomic E-state index is -0.409. The first-order valence-electron chi connectivity index (χ1n) is 14.6. The summed E-state index contributed by atoms with van der Waals surface area (Å²) in [4.78, 5) is 27.8. The normalized spacial score (nSPS) is 16.9. The van der Waals surface area contributed by atoms with E-state index in [4.69, 9.17) is 37.3 Å². The fourth-order valence-electron chi connectivity index (χ4n) is 5.04. The molecule has 236 valence electrons. The van der Waals surface area contributed by atoms with Crippen LogP contribution in [0.5, 0.6) is 11.5 Å². The molecule has 0 amide bonds. The molecule has 0 saturated carbocycles. The molecule has 0 radical (unpaired) electrons. The largest absolute Gasteiger partial charge is 0.495 e. The third kappa shape index (κ3) is 8.08. The van der Waals surface area contributed by atoms with Gasteiger partial charge in [-0.25, -0.2) is 9.59 Å². The Bertz CT molecular complexity index is 1490. The lowest BCUT2D eigenvalue weighted by Gasteiger charge is -2.27. The number of ether oxygens (including phenoxy) is 6. The third-order valence-electron chi connectivity index (χ3n) is 7.29. The summed E-state index contributed by atoms with van der Waals surface area (Å²) in [5.74, 6) is 1.32. The first-order valence-corrected chi connectivity index (χ1v) is 14.6. The van der Waals surface area contributed by atoms with Crippen LogP contribution in [0.3, 0.4) is 0 Å². The number of rotatable bonds is 4. The molecule has 0 spiro atoms. The molecule has 2 aromatic carbocycles. The van der Waals surface area contributed by atoms with Crippen molar-refractivity contribution in [3.8, 4) is 11.5 Å². The highest BCUT2D eigenvalue weighted by molar-refractivity contribution is 5.85. The number of hydrogen-bond donors (Lipinski definition) is 0. The number of anilines is 2. The Morgan fingerprint density at radius 2 is 0.886 bits per heavy atom. The fraction of sp³-hybridized carbons (Fsp3) is 0.438. The molecule has 1 aliphatic heterocycles. The Hall–Kier alpha value is -4.10. The number of fused-ring (bicyclic) bond motifs is 2. The topological polar surface area (TPSA) is 122 Å². The molecule has 1 aliphatic rings. The molecule has 0 N–H and O–H groups in total. The van der Waals surface area contributed by atoms with Gasteiger partial charge >= 0.3 is 11.3 Å². The zero-order chi connectivity index (χ0) is 30.7. The maximum Gasteiger partial charge on any atom is 0.336 e. The Morgan fingerprint density at radius 1 is 0.523 bits per heavy atom. The lowest BCUT2D eigenvalue weighted by molar-refractivity contribution is 0.0435. The molecule has 2 aromatic heterocycles. The maximum absolute atomic E-state index is 11.8. The summed E-state index contributed by atoms with van der Waals surface area (Å²) in [5.41, 5.74) is 1.72. The van der Waals surface area contributed by atoms with Crippen molar-refractivity contribution >= 4 is 33.3 Å². The molecule has 5 rings (SSSR count). The SMILES string of the molecule is COc1cc2ccc(=O)oc2cc1N1CCOCCOCCN(c2cc3oc(=O)ccc3cc2OC)CCOCCOCC1. The Labute approximate surface area is 254 Å². The van der Waals surface area contributed by atoms with Crippen LogP contribution in [-0.4, -0.2) is 93.3 Å². The van der Waals surface area contributed by atoms with Gasteiger partial charge in [0, 0.05) is 61.2 Å². The summed E-state index contributed by atoms with van der Waals surface area (Å²) in [6.07, 6.45) is 0. The Kier molecular flexibility index (Phi) is 11.1.